The van der Waals surface area contributed by atoms with Gasteiger partial charge in [0.1, 0.15) is 5.76 Å². The average molecular weight is 231 g/mol. The van der Waals surface area contributed by atoms with Crippen LogP contribution < -0.4 is 5.32 Å². The number of benzene rings is 1. The van der Waals surface area contributed by atoms with Gasteiger partial charge in [-0.3, -0.25) is 0 Å². The second-order valence-electron chi connectivity index (χ2n) is 4.19. The standard InChI is InChI=1S/C13H13NO3/c15-10-6-8-3-4-14-13(9(8)7-11(10)16)12-2-1-5-17-12/h1-2,5-7,13-16H,3-4H2/t13-/m1/s1. The monoisotopic (exact) mass is 231 g/mol. The van der Waals surface area contributed by atoms with E-state index in [1.54, 1.807) is 18.4 Å². The third-order valence-corrected chi connectivity index (χ3v) is 3.12. The van der Waals surface area contributed by atoms with Gasteiger partial charge in [0, 0.05) is 6.54 Å². The van der Waals surface area contributed by atoms with Gasteiger partial charge in [-0.1, -0.05) is 0 Å². The van der Waals surface area contributed by atoms with Gasteiger partial charge < -0.3 is 19.9 Å². The minimum Gasteiger partial charge on any atom is -0.504 e. The molecule has 88 valence electrons. The summed E-state index contributed by atoms with van der Waals surface area (Å²) >= 11 is 0. The summed E-state index contributed by atoms with van der Waals surface area (Å²) in [6.07, 6.45) is 2.46. The minimum absolute atomic E-state index is 0.0553. The molecule has 0 saturated carbocycles. The zero-order chi connectivity index (χ0) is 11.8. The van der Waals surface area contributed by atoms with Gasteiger partial charge in [0.15, 0.2) is 11.5 Å². The Labute approximate surface area is 98.5 Å². The predicted octanol–water partition coefficient (Wildman–Crippen LogP) is 1.93. The molecule has 0 aliphatic carbocycles. The highest BCUT2D eigenvalue weighted by atomic mass is 16.3. The lowest BCUT2D eigenvalue weighted by Gasteiger charge is -2.25. The van der Waals surface area contributed by atoms with Crippen molar-refractivity contribution in [3.05, 3.63) is 47.4 Å². The van der Waals surface area contributed by atoms with Gasteiger partial charge in [-0.15, -0.1) is 0 Å². The van der Waals surface area contributed by atoms with Crippen LogP contribution in [0.25, 0.3) is 0 Å². The van der Waals surface area contributed by atoms with Crippen LogP contribution in [-0.4, -0.2) is 16.8 Å². The average Bonchev–Trinajstić information content (AvgIpc) is 2.83. The van der Waals surface area contributed by atoms with Crippen LogP contribution >= 0.6 is 0 Å². The first-order chi connectivity index (χ1) is 8.25. The highest BCUT2D eigenvalue weighted by Gasteiger charge is 2.24. The quantitative estimate of drug-likeness (QED) is 0.656. The number of phenols is 2. The molecule has 4 heteroatoms. The summed E-state index contributed by atoms with van der Waals surface area (Å²) in [5.74, 6) is 0.656. The van der Waals surface area contributed by atoms with Crippen LogP contribution in [0.4, 0.5) is 0 Å². The molecule has 0 radical (unpaired) electrons. The zero-order valence-corrected chi connectivity index (χ0v) is 9.18. The molecule has 0 bridgehead atoms. The van der Waals surface area contributed by atoms with Gasteiger partial charge in [0.25, 0.3) is 0 Å². The van der Waals surface area contributed by atoms with Gasteiger partial charge >= 0.3 is 0 Å². The number of hydrogen-bond donors (Lipinski definition) is 3. The number of fused-ring (bicyclic) bond motifs is 1. The fourth-order valence-electron chi connectivity index (χ4n) is 2.29. The molecule has 1 aliphatic rings. The largest absolute Gasteiger partial charge is 0.504 e. The van der Waals surface area contributed by atoms with Gasteiger partial charge in [-0.2, -0.15) is 0 Å². The summed E-state index contributed by atoms with van der Waals surface area (Å²) in [6, 6.07) is 6.91. The highest BCUT2D eigenvalue weighted by Crippen LogP contribution is 2.36. The minimum atomic E-state index is -0.0935. The van der Waals surface area contributed by atoms with Crippen molar-refractivity contribution < 1.29 is 14.6 Å². The summed E-state index contributed by atoms with van der Waals surface area (Å²) in [4.78, 5) is 0. The van der Waals surface area contributed by atoms with Crippen molar-refractivity contribution in [2.75, 3.05) is 6.54 Å². The van der Waals surface area contributed by atoms with E-state index in [9.17, 15) is 10.2 Å². The molecule has 2 heterocycles. The summed E-state index contributed by atoms with van der Waals surface area (Å²) in [6.45, 7) is 0.822. The smallest absolute Gasteiger partial charge is 0.157 e. The molecule has 0 fully saturated rings. The summed E-state index contributed by atoms with van der Waals surface area (Å²) < 4.78 is 5.39. The second-order valence-corrected chi connectivity index (χ2v) is 4.19. The number of furan rings is 1. The lowest BCUT2D eigenvalue weighted by atomic mass is 9.92. The lowest BCUT2D eigenvalue weighted by molar-refractivity contribution is 0.396. The number of nitrogens with one attached hydrogen (secondary N) is 1. The Hall–Kier alpha value is -1.94. The molecule has 1 atom stereocenters. The molecule has 0 unspecified atom stereocenters. The van der Waals surface area contributed by atoms with E-state index in [4.69, 9.17) is 4.42 Å². The summed E-state index contributed by atoms with van der Waals surface area (Å²) in [5, 5.41) is 22.4. The van der Waals surface area contributed by atoms with Crippen molar-refractivity contribution in [2.45, 2.75) is 12.5 Å². The maximum Gasteiger partial charge on any atom is 0.157 e. The van der Waals surface area contributed by atoms with E-state index in [2.05, 4.69) is 5.32 Å². The van der Waals surface area contributed by atoms with E-state index in [-0.39, 0.29) is 17.5 Å². The molecule has 1 aromatic heterocycles. The van der Waals surface area contributed by atoms with E-state index < -0.39 is 0 Å². The van der Waals surface area contributed by atoms with Crippen LogP contribution in [0.3, 0.4) is 0 Å². The fourth-order valence-corrected chi connectivity index (χ4v) is 2.29. The molecular weight excluding hydrogens is 218 g/mol. The van der Waals surface area contributed by atoms with Crippen LogP contribution in [0.1, 0.15) is 22.9 Å². The van der Waals surface area contributed by atoms with Crippen molar-refractivity contribution in [3.63, 3.8) is 0 Å². The Morgan fingerprint density at radius 3 is 2.82 bits per heavy atom. The number of aromatic hydroxyl groups is 2. The third kappa shape index (κ3) is 1.66. The van der Waals surface area contributed by atoms with Gasteiger partial charge in [0.2, 0.25) is 0 Å². The molecule has 1 aliphatic heterocycles. The Kier molecular flexibility index (Phi) is 2.30. The van der Waals surface area contributed by atoms with Crippen molar-refractivity contribution in [1.82, 2.24) is 5.32 Å². The predicted molar refractivity (Wildman–Crippen MR) is 62.0 cm³/mol. The molecule has 17 heavy (non-hydrogen) atoms. The number of rotatable bonds is 1. The van der Waals surface area contributed by atoms with E-state index >= 15 is 0 Å². The van der Waals surface area contributed by atoms with Crippen molar-refractivity contribution >= 4 is 0 Å². The maximum absolute atomic E-state index is 9.58. The first-order valence-electron chi connectivity index (χ1n) is 5.57. The molecule has 0 spiro atoms. The maximum atomic E-state index is 9.58. The first kappa shape index (κ1) is 10.2. The van der Waals surface area contributed by atoms with Crippen LogP contribution in [0.15, 0.2) is 34.9 Å². The molecule has 3 N–H and O–H groups in total. The Morgan fingerprint density at radius 1 is 1.24 bits per heavy atom. The number of hydrogen-bond acceptors (Lipinski definition) is 4. The van der Waals surface area contributed by atoms with Gasteiger partial charge in [-0.05, 0) is 41.8 Å². The molecular formula is C13H13NO3. The Balaban J connectivity index is 2.10. The second kappa shape index (κ2) is 3.82. The summed E-state index contributed by atoms with van der Waals surface area (Å²) in [5.41, 5.74) is 2.00. The lowest BCUT2D eigenvalue weighted by Crippen LogP contribution is -2.30. The van der Waals surface area contributed by atoms with E-state index in [1.807, 2.05) is 12.1 Å². The topological polar surface area (TPSA) is 65.6 Å². The van der Waals surface area contributed by atoms with Gasteiger partial charge in [0.05, 0.1) is 12.3 Å². The molecule has 4 nitrogen and oxygen atoms in total. The normalized spacial score (nSPS) is 18.9. The van der Waals surface area contributed by atoms with E-state index in [0.717, 1.165) is 29.9 Å². The SMILES string of the molecule is Oc1cc2c(cc1O)[C@H](c1ccco1)NCC2. The Morgan fingerprint density at radius 2 is 2.06 bits per heavy atom. The molecule has 1 aromatic carbocycles. The van der Waals surface area contributed by atoms with Crippen LogP contribution in [-0.2, 0) is 6.42 Å². The number of phenolic OH excluding ortho intramolecular Hbond substituents is 2. The molecule has 0 amide bonds. The van der Waals surface area contributed by atoms with Crippen LogP contribution in [0, 0.1) is 0 Å². The van der Waals surface area contributed by atoms with Crippen LogP contribution in [0.2, 0.25) is 0 Å². The van der Waals surface area contributed by atoms with Crippen molar-refractivity contribution in [3.8, 4) is 11.5 Å². The highest BCUT2D eigenvalue weighted by molar-refractivity contribution is 5.49. The van der Waals surface area contributed by atoms with E-state index in [0.29, 0.717) is 0 Å². The van der Waals surface area contributed by atoms with E-state index in [1.165, 1.54) is 0 Å². The Bertz CT molecular complexity index is 534. The molecule has 0 saturated heterocycles. The fraction of sp³-hybridized carbons (Fsp3) is 0.231. The molecule has 3 rings (SSSR count). The zero-order valence-electron chi connectivity index (χ0n) is 9.18. The van der Waals surface area contributed by atoms with Crippen LogP contribution in [0.5, 0.6) is 11.5 Å². The van der Waals surface area contributed by atoms with Crippen molar-refractivity contribution in [1.29, 1.82) is 0 Å². The van der Waals surface area contributed by atoms with Gasteiger partial charge in [-0.25, -0.2) is 0 Å². The van der Waals surface area contributed by atoms with Crippen molar-refractivity contribution in [2.24, 2.45) is 0 Å². The molecule has 2 aromatic rings. The summed E-state index contributed by atoms with van der Waals surface area (Å²) in [7, 11) is 0. The third-order valence-electron chi connectivity index (χ3n) is 3.12. The first-order valence-corrected chi connectivity index (χ1v) is 5.57.